The van der Waals surface area contributed by atoms with E-state index in [1.165, 1.54) is 14.2 Å². The first-order chi connectivity index (χ1) is 14.5. The van der Waals surface area contributed by atoms with E-state index in [9.17, 15) is 4.79 Å². The van der Waals surface area contributed by atoms with Gasteiger partial charge in [0.15, 0.2) is 5.71 Å². The zero-order valence-corrected chi connectivity index (χ0v) is 17.8. The summed E-state index contributed by atoms with van der Waals surface area (Å²) in [6.45, 7) is 3.83. The van der Waals surface area contributed by atoms with Crippen LogP contribution in [0.5, 0.6) is 5.75 Å². The molecule has 0 bridgehead atoms. The minimum absolute atomic E-state index is 0.148. The topological polar surface area (TPSA) is 81.5 Å². The first kappa shape index (κ1) is 22.5. The number of oxime groups is 2. The van der Waals surface area contributed by atoms with E-state index in [1.54, 1.807) is 20.1 Å². The maximum atomic E-state index is 12.2. The quantitative estimate of drug-likeness (QED) is 0.435. The summed E-state index contributed by atoms with van der Waals surface area (Å²) >= 11 is 0. The number of hydrogen-bond donors (Lipinski definition) is 1. The molecule has 30 heavy (non-hydrogen) atoms. The highest BCUT2D eigenvalue weighted by Crippen LogP contribution is 2.18. The molecule has 0 unspecified atom stereocenters. The van der Waals surface area contributed by atoms with Crippen molar-refractivity contribution >= 4 is 17.3 Å². The predicted octanol–water partition coefficient (Wildman–Crippen LogP) is 3.04. The molecule has 0 heterocycles. The van der Waals surface area contributed by atoms with Gasteiger partial charge in [-0.05, 0) is 37.5 Å². The van der Waals surface area contributed by atoms with Gasteiger partial charge < -0.3 is 19.7 Å². The van der Waals surface area contributed by atoms with Crippen LogP contribution in [0, 0.1) is 18.8 Å². The third kappa shape index (κ3) is 5.85. The Morgan fingerprint density at radius 1 is 1.10 bits per heavy atom. The van der Waals surface area contributed by atoms with E-state index < -0.39 is 0 Å². The van der Waals surface area contributed by atoms with Gasteiger partial charge in [-0.3, -0.25) is 4.79 Å². The molecule has 0 fully saturated rings. The molecule has 1 amide bonds. The van der Waals surface area contributed by atoms with Crippen molar-refractivity contribution in [3.05, 3.63) is 64.7 Å². The molecule has 2 aromatic carbocycles. The number of amides is 1. The van der Waals surface area contributed by atoms with Gasteiger partial charge >= 0.3 is 0 Å². The van der Waals surface area contributed by atoms with Crippen molar-refractivity contribution in [1.82, 2.24) is 5.32 Å². The lowest BCUT2D eigenvalue weighted by molar-refractivity contribution is -0.114. The first-order valence-corrected chi connectivity index (χ1v) is 9.25. The Balaban J connectivity index is 2.21. The fourth-order valence-corrected chi connectivity index (χ4v) is 2.66. The van der Waals surface area contributed by atoms with Crippen LogP contribution in [0.2, 0.25) is 0 Å². The van der Waals surface area contributed by atoms with E-state index in [0.717, 1.165) is 16.7 Å². The van der Waals surface area contributed by atoms with E-state index in [2.05, 4.69) is 27.5 Å². The Kier molecular flexibility index (Phi) is 8.45. The van der Waals surface area contributed by atoms with E-state index in [1.807, 2.05) is 43.3 Å². The molecule has 0 radical (unpaired) electrons. The van der Waals surface area contributed by atoms with Crippen LogP contribution in [0.3, 0.4) is 0 Å². The fourth-order valence-electron chi connectivity index (χ4n) is 2.66. The number of methoxy groups -OCH3 is 1. The number of ether oxygens (including phenoxy) is 1. The summed E-state index contributed by atoms with van der Waals surface area (Å²) in [5.41, 5.74) is 3.78. The second-order valence-electron chi connectivity index (χ2n) is 6.20. The van der Waals surface area contributed by atoms with Crippen LogP contribution in [0.4, 0.5) is 0 Å². The first-order valence-electron chi connectivity index (χ1n) is 9.25. The standard InChI is InChI=1S/C23H25N3O4/c1-16-9-8-11-19(22(26-29-5)23(27)24-3)20(16)15-30-25-17(2)13-14-18-10-6-7-12-21(18)28-4/h6-12H,15H2,1-5H3,(H,24,27)/b25-17+,26-22+. The van der Waals surface area contributed by atoms with Gasteiger partial charge in [-0.1, -0.05) is 46.6 Å². The van der Waals surface area contributed by atoms with Gasteiger partial charge in [0, 0.05) is 18.2 Å². The number of carbonyl (C=O) groups excluding carboxylic acids is 1. The highest BCUT2D eigenvalue weighted by atomic mass is 16.6. The second kappa shape index (κ2) is 11.3. The summed E-state index contributed by atoms with van der Waals surface area (Å²) < 4.78 is 5.29. The minimum Gasteiger partial charge on any atom is -0.495 e. The van der Waals surface area contributed by atoms with E-state index in [0.29, 0.717) is 17.0 Å². The second-order valence-corrected chi connectivity index (χ2v) is 6.20. The molecule has 2 aromatic rings. The summed E-state index contributed by atoms with van der Waals surface area (Å²) in [5.74, 6) is 6.31. The number of para-hydroxylation sites is 1. The Labute approximate surface area is 176 Å². The lowest BCUT2D eigenvalue weighted by Crippen LogP contribution is -2.29. The molecule has 0 aromatic heterocycles. The number of hydrogen-bond acceptors (Lipinski definition) is 6. The van der Waals surface area contributed by atoms with Crippen LogP contribution in [0.25, 0.3) is 0 Å². The number of benzene rings is 2. The molecule has 0 aliphatic carbocycles. The maximum absolute atomic E-state index is 12.2. The van der Waals surface area contributed by atoms with Crippen molar-refractivity contribution in [1.29, 1.82) is 0 Å². The van der Waals surface area contributed by atoms with Crippen molar-refractivity contribution < 1.29 is 19.2 Å². The lowest BCUT2D eigenvalue weighted by Gasteiger charge is -2.12. The number of likely N-dealkylation sites (N-methyl/N-ethyl adjacent to an activating group) is 1. The molecule has 0 saturated carbocycles. The molecule has 7 heteroatoms. The van der Waals surface area contributed by atoms with Gasteiger partial charge in [0.25, 0.3) is 5.91 Å². The Bertz CT molecular complexity index is 1020. The Morgan fingerprint density at radius 2 is 1.87 bits per heavy atom. The van der Waals surface area contributed by atoms with Crippen molar-refractivity contribution in [3.8, 4) is 17.6 Å². The summed E-state index contributed by atoms with van der Waals surface area (Å²) in [6.07, 6.45) is 0. The van der Waals surface area contributed by atoms with Gasteiger partial charge in [0.05, 0.1) is 12.7 Å². The normalized spacial score (nSPS) is 11.2. The van der Waals surface area contributed by atoms with Gasteiger partial charge in [0.2, 0.25) is 0 Å². The van der Waals surface area contributed by atoms with Crippen LogP contribution in [0.1, 0.15) is 29.2 Å². The molecule has 1 N–H and O–H groups in total. The molecular weight excluding hydrogens is 382 g/mol. The third-order valence-corrected chi connectivity index (χ3v) is 4.19. The Morgan fingerprint density at radius 3 is 2.57 bits per heavy atom. The molecule has 0 aliphatic rings. The Hall–Kier alpha value is -3.79. The monoisotopic (exact) mass is 407 g/mol. The minimum atomic E-state index is -0.356. The van der Waals surface area contributed by atoms with Gasteiger partial charge in [-0.25, -0.2) is 0 Å². The van der Waals surface area contributed by atoms with Crippen molar-refractivity contribution in [2.75, 3.05) is 21.3 Å². The van der Waals surface area contributed by atoms with Gasteiger partial charge in [0.1, 0.15) is 25.2 Å². The number of nitrogens with zero attached hydrogens (tertiary/aromatic N) is 2. The van der Waals surface area contributed by atoms with Crippen molar-refractivity contribution in [3.63, 3.8) is 0 Å². The van der Waals surface area contributed by atoms with Crippen molar-refractivity contribution in [2.45, 2.75) is 20.5 Å². The van der Waals surface area contributed by atoms with Crippen LogP contribution in [-0.4, -0.2) is 38.6 Å². The molecule has 2 rings (SSSR count). The van der Waals surface area contributed by atoms with E-state index in [-0.39, 0.29) is 18.2 Å². The highest BCUT2D eigenvalue weighted by molar-refractivity contribution is 6.45. The SMILES string of the molecule is CNC(=O)/C(=N/OC)c1cccc(C)c1CO/N=C(\C)C#Cc1ccccc1OC. The van der Waals surface area contributed by atoms with Crippen LogP contribution in [-0.2, 0) is 21.1 Å². The molecule has 0 aliphatic heterocycles. The molecule has 0 spiro atoms. The van der Waals surface area contributed by atoms with Crippen LogP contribution in [0.15, 0.2) is 52.8 Å². The van der Waals surface area contributed by atoms with E-state index in [4.69, 9.17) is 14.4 Å². The molecule has 7 nitrogen and oxygen atoms in total. The number of aryl methyl sites for hydroxylation is 1. The van der Waals surface area contributed by atoms with Crippen LogP contribution < -0.4 is 10.1 Å². The van der Waals surface area contributed by atoms with E-state index >= 15 is 0 Å². The summed E-state index contributed by atoms with van der Waals surface area (Å²) in [6, 6.07) is 13.0. The van der Waals surface area contributed by atoms with Gasteiger partial charge in [-0.2, -0.15) is 0 Å². The third-order valence-electron chi connectivity index (χ3n) is 4.19. The predicted molar refractivity (Wildman–Crippen MR) is 117 cm³/mol. The summed E-state index contributed by atoms with van der Waals surface area (Å²) in [4.78, 5) is 22.6. The summed E-state index contributed by atoms with van der Waals surface area (Å²) in [5, 5.41) is 10.5. The number of rotatable bonds is 7. The zero-order valence-electron chi connectivity index (χ0n) is 17.8. The molecule has 0 saturated heterocycles. The number of carbonyl (C=O) groups is 1. The fraction of sp³-hybridized carbons (Fsp3) is 0.261. The van der Waals surface area contributed by atoms with Crippen LogP contribution >= 0.6 is 0 Å². The average molecular weight is 407 g/mol. The average Bonchev–Trinajstić information content (AvgIpc) is 2.76. The smallest absolute Gasteiger partial charge is 0.273 e. The van der Waals surface area contributed by atoms with Gasteiger partial charge in [-0.15, -0.1) is 0 Å². The molecule has 0 atom stereocenters. The highest BCUT2D eigenvalue weighted by Gasteiger charge is 2.19. The van der Waals surface area contributed by atoms with Crippen molar-refractivity contribution in [2.24, 2.45) is 10.3 Å². The maximum Gasteiger partial charge on any atom is 0.273 e. The zero-order chi connectivity index (χ0) is 21.9. The molecule has 156 valence electrons. The molecular formula is C23H25N3O4. The largest absolute Gasteiger partial charge is 0.495 e. The lowest BCUT2D eigenvalue weighted by atomic mass is 9.98. The summed E-state index contributed by atoms with van der Waals surface area (Å²) in [7, 11) is 4.53. The number of nitrogens with one attached hydrogen (secondary N) is 1.